The molecule has 5 rings (SSSR count). The number of ketones is 1. The SMILES string of the molecule is C=C1CC2C3CCC(=O)C3(C)CCC2[C@@]2(CO)CC/C(=N\OC3CCNC3)C=C12. The minimum atomic E-state index is -0.221. The molecule has 0 spiro atoms. The Labute approximate surface area is 173 Å². The fourth-order valence-electron chi connectivity index (χ4n) is 7.35. The molecular formula is C24H34N2O3. The van der Waals surface area contributed by atoms with Gasteiger partial charge in [-0.15, -0.1) is 0 Å². The van der Waals surface area contributed by atoms with Gasteiger partial charge in [-0.25, -0.2) is 0 Å². The Morgan fingerprint density at radius 3 is 2.90 bits per heavy atom. The number of rotatable bonds is 3. The molecule has 1 heterocycles. The number of carbonyl (C=O) groups is 1. The molecule has 1 saturated heterocycles. The number of nitrogens with zero attached hydrogens (tertiary/aromatic N) is 1. The Balaban J connectivity index is 1.44. The lowest BCUT2D eigenvalue weighted by Crippen LogP contribution is -2.53. The smallest absolute Gasteiger partial charge is 0.141 e. The van der Waals surface area contributed by atoms with E-state index in [0.29, 0.717) is 23.5 Å². The average Bonchev–Trinajstić information content (AvgIpc) is 3.35. The highest BCUT2D eigenvalue weighted by molar-refractivity contribution is 5.97. The number of hydrogen-bond donors (Lipinski definition) is 2. The summed E-state index contributed by atoms with van der Waals surface area (Å²) in [5, 5.41) is 18.4. The molecule has 0 aromatic carbocycles. The molecule has 5 unspecified atom stereocenters. The van der Waals surface area contributed by atoms with E-state index in [4.69, 9.17) is 4.84 Å². The average molecular weight is 399 g/mol. The van der Waals surface area contributed by atoms with Crippen LogP contribution in [0.1, 0.15) is 58.3 Å². The van der Waals surface area contributed by atoms with Crippen molar-refractivity contribution in [1.82, 2.24) is 5.32 Å². The third-order valence-electron chi connectivity index (χ3n) is 9.01. The maximum atomic E-state index is 12.6. The third-order valence-corrected chi connectivity index (χ3v) is 9.01. The number of oxime groups is 1. The van der Waals surface area contributed by atoms with Crippen LogP contribution in [0.25, 0.3) is 0 Å². The van der Waals surface area contributed by atoms with Gasteiger partial charge in [0, 0.05) is 30.2 Å². The highest BCUT2D eigenvalue weighted by Crippen LogP contribution is 2.65. The summed E-state index contributed by atoms with van der Waals surface area (Å²) >= 11 is 0. The van der Waals surface area contributed by atoms with Crippen LogP contribution in [0.15, 0.2) is 29.0 Å². The molecule has 1 aliphatic heterocycles. The number of aliphatic hydroxyl groups excluding tert-OH is 1. The van der Waals surface area contributed by atoms with Gasteiger partial charge in [-0.05, 0) is 74.5 Å². The molecular weight excluding hydrogens is 364 g/mol. The van der Waals surface area contributed by atoms with Crippen molar-refractivity contribution in [3.8, 4) is 0 Å². The Kier molecular flexibility index (Phi) is 4.74. The molecule has 0 bridgehead atoms. The summed E-state index contributed by atoms with van der Waals surface area (Å²) in [4.78, 5) is 18.4. The molecule has 4 aliphatic carbocycles. The van der Waals surface area contributed by atoms with Crippen molar-refractivity contribution in [2.75, 3.05) is 19.7 Å². The maximum absolute atomic E-state index is 12.6. The van der Waals surface area contributed by atoms with E-state index < -0.39 is 0 Å². The van der Waals surface area contributed by atoms with E-state index >= 15 is 0 Å². The van der Waals surface area contributed by atoms with Gasteiger partial charge in [-0.3, -0.25) is 4.79 Å². The van der Waals surface area contributed by atoms with Gasteiger partial charge in [0.25, 0.3) is 0 Å². The van der Waals surface area contributed by atoms with E-state index in [1.807, 2.05) is 0 Å². The molecule has 5 heteroatoms. The lowest BCUT2D eigenvalue weighted by Gasteiger charge is -2.58. The number of carbonyl (C=O) groups excluding carboxylic acids is 1. The van der Waals surface area contributed by atoms with Crippen LogP contribution >= 0.6 is 0 Å². The molecule has 4 fully saturated rings. The lowest BCUT2D eigenvalue weighted by atomic mass is 9.46. The van der Waals surface area contributed by atoms with Crippen LogP contribution in [0, 0.1) is 28.6 Å². The van der Waals surface area contributed by atoms with Gasteiger partial charge in [0.05, 0.1) is 12.3 Å². The molecule has 6 atom stereocenters. The topological polar surface area (TPSA) is 70.9 Å². The summed E-state index contributed by atoms with van der Waals surface area (Å²) in [6, 6.07) is 0. The third kappa shape index (κ3) is 2.88. The summed E-state index contributed by atoms with van der Waals surface area (Å²) in [5.74, 6) is 1.82. The zero-order valence-corrected chi connectivity index (χ0v) is 17.6. The number of aliphatic hydroxyl groups is 1. The minimum absolute atomic E-state index is 0.149. The van der Waals surface area contributed by atoms with Gasteiger partial charge >= 0.3 is 0 Å². The summed E-state index contributed by atoms with van der Waals surface area (Å²) in [6.45, 7) is 8.66. The fourth-order valence-corrected chi connectivity index (χ4v) is 7.35. The predicted molar refractivity (Wildman–Crippen MR) is 112 cm³/mol. The largest absolute Gasteiger partial charge is 0.395 e. The van der Waals surface area contributed by atoms with Crippen LogP contribution < -0.4 is 5.32 Å². The molecule has 158 valence electrons. The molecule has 5 aliphatic rings. The first kappa shape index (κ1) is 19.5. The van der Waals surface area contributed by atoms with Crippen molar-refractivity contribution in [2.24, 2.45) is 33.7 Å². The number of nitrogens with one attached hydrogen (secondary N) is 1. The van der Waals surface area contributed by atoms with E-state index in [2.05, 4.69) is 30.1 Å². The Bertz CT molecular complexity index is 781. The van der Waals surface area contributed by atoms with Crippen molar-refractivity contribution < 1.29 is 14.7 Å². The zero-order chi connectivity index (χ0) is 20.2. The van der Waals surface area contributed by atoms with Crippen LogP contribution in [0.4, 0.5) is 0 Å². The quantitative estimate of drug-likeness (QED) is 0.715. The summed E-state index contributed by atoms with van der Waals surface area (Å²) in [6.07, 6.45) is 9.77. The molecule has 3 saturated carbocycles. The van der Waals surface area contributed by atoms with Gasteiger partial charge in [0.2, 0.25) is 0 Å². The molecule has 29 heavy (non-hydrogen) atoms. The van der Waals surface area contributed by atoms with Crippen molar-refractivity contribution in [1.29, 1.82) is 0 Å². The second-order valence-electron chi connectivity index (χ2n) is 10.3. The monoisotopic (exact) mass is 398 g/mol. The van der Waals surface area contributed by atoms with Gasteiger partial charge in [-0.2, -0.15) is 0 Å². The Morgan fingerprint density at radius 1 is 1.28 bits per heavy atom. The van der Waals surface area contributed by atoms with Gasteiger partial charge in [0.15, 0.2) is 0 Å². The molecule has 0 amide bonds. The van der Waals surface area contributed by atoms with Crippen LogP contribution in [-0.4, -0.2) is 42.4 Å². The normalized spacial score (nSPS) is 45.6. The lowest BCUT2D eigenvalue weighted by molar-refractivity contribution is -0.132. The molecule has 2 N–H and O–H groups in total. The summed E-state index contributed by atoms with van der Waals surface area (Å²) in [5.41, 5.74) is 2.95. The maximum Gasteiger partial charge on any atom is 0.141 e. The molecule has 0 aromatic heterocycles. The van der Waals surface area contributed by atoms with E-state index in [-0.39, 0.29) is 23.5 Å². The van der Waals surface area contributed by atoms with E-state index in [1.165, 1.54) is 5.57 Å². The van der Waals surface area contributed by atoms with Gasteiger partial charge in [-0.1, -0.05) is 24.2 Å². The van der Waals surface area contributed by atoms with Crippen LogP contribution in [0.2, 0.25) is 0 Å². The Hall–Kier alpha value is -1.46. The number of fused-ring (bicyclic) bond motifs is 5. The van der Waals surface area contributed by atoms with Crippen LogP contribution in [0.3, 0.4) is 0 Å². The molecule has 0 aromatic rings. The molecule has 0 radical (unpaired) electrons. The van der Waals surface area contributed by atoms with Gasteiger partial charge < -0.3 is 15.3 Å². The highest BCUT2D eigenvalue weighted by atomic mass is 16.6. The first-order valence-electron chi connectivity index (χ1n) is 11.5. The van der Waals surface area contributed by atoms with Gasteiger partial charge in [0.1, 0.15) is 11.9 Å². The van der Waals surface area contributed by atoms with E-state index in [9.17, 15) is 9.90 Å². The summed E-state index contributed by atoms with van der Waals surface area (Å²) in [7, 11) is 0. The minimum Gasteiger partial charge on any atom is -0.395 e. The second-order valence-corrected chi connectivity index (χ2v) is 10.3. The predicted octanol–water partition coefficient (Wildman–Crippen LogP) is 3.39. The molecule has 5 nitrogen and oxygen atoms in total. The second kappa shape index (κ2) is 7.05. The standard InChI is InChI=1S/C24H34N2O3/c1-15-11-18-19-3-4-22(28)23(19,2)8-6-20(18)24(14-27)9-5-16(12-21(15)24)26-29-17-7-10-25-13-17/h12,17-20,25,27H,1,3-11,13-14H2,2H3/b26-16+/t17?,18?,19?,20?,23?,24-/m0/s1. The van der Waals surface area contributed by atoms with Crippen molar-refractivity contribution in [2.45, 2.75) is 64.4 Å². The van der Waals surface area contributed by atoms with Crippen molar-refractivity contribution >= 4 is 11.5 Å². The Morgan fingerprint density at radius 2 is 2.14 bits per heavy atom. The number of allylic oxidation sites excluding steroid dienone is 2. The van der Waals surface area contributed by atoms with Crippen LogP contribution in [0.5, 0.6) is 0 Å². The highest BCUT2D eigenvalue weighted by Gasteiger charge is 2.60. The van der Waals surface area contributed by atoms with Crippen LogP contribution in [-0.2, 0) is 9.63 Å². The number of hydrogen-bond acceptors (Lipinski definition) is 5. The first-order valence-corrected chi connectivity index (χ1v) is 11.5. The zero-order valence-electron chi connectivity index (χ0n) is 17.6. The van der Waals surface area contributed by atoms with Crippen molar-refractivity contribution in [3.05, 3.63) is 23.8 Å². The van der Waals surface area contributed by atoms with E-state index in [1.54, 1.807) is 0 Å². The summed E-state index contributed by atoms with van der Waals surface area (Å²) < 4.78 is 0. The van der Waals surface area contributed by atoms with Crippen molar-refractivity contribution in [3.63, 3.8) is 0 Å². The fraction of sp³-hybridized carbons (Fsp3) is 0.750. The number of Topliss-reactive ketones (excluding diaryl/α,β-unsaturated/α-hetero) is 1. The van der Waals surface area contributed by atoms with E-state index in [0.717, 1.165) is 75.7 Å². The first-order chi connectivity index (χ1) is 14.0.